The van der Waals surface area contributed by atoms with Crippen molar-refractivity contribution in [1.29, 1.82) is 0 Å². The van der Waals surface area contributed by atoms with E-state index < -0.39 is 28.1 Å². The molecule has 0 saturated carbocycles. The predicted molar refractivity (Wildman–Crippen MR) is 84.1 cm³/mol. The zero-order valence-corrected chi connectivity index (χ0v) is 13.8. The van der Waals surface area contributed by atoms with Gasteiger partial charge in [0.05, 0.1) is 4.90 Å². The van der Waals surface area contributed by atoms with Crippen molar-refractivity contribution in [2.45, 2.75) is 37.8 Å². The molecule has 0 bridgehead atoms. The molecule has 128 valence electrons. The summed E-state index contributed by atoms with van der Waals surface area (Å²) in [5.74, 6) is -0.964. The molecule has 0 aliphatic heterocycles. The summed E-state index contributed by atoms with van der Waals surface area (Å²) >= 11 is 0. The number of aliphatic carboxylic acids is 1. The maximum absolute atomic E-state index is 11.7. The van der Waals surface area contributed by atoms with Crippen LogP contribution in [0.5, 0.6) is 0 Å². The van der Waals surface area contributed by atoms with Gasteiger partial charge in [0.2, 0.25) is 10.0 Å². The lowest BCUT2D eigenvalue weighted by atomic mass is 10.0. The van der Waals surface area contributed by atoms with Crippen molar-refractivity contribution in [1.82, 2.24) is 10.6 Å². The molecule has 0 radical (unpaired) electrons. The van der Waals surface area contributed by atoms with Crippen LogP contribution in [0.3, 0.4) is 0 Å². The summed E-state index contributed by atoms with van der Waals surface area (Å²) in [4.78, 5) is 22.8. The number of hydrogen-bond acceptors (Lipinski definition) is 4. The Bertz CT molecular complexity index is 655. The minimum atomic E-state index is -3.75. The van der Waals surface area contributed by atoms with E-state index in [1.54, 1.807) is 0 Å². The number of carbonyl (C=O) groups excluding carboxylic acids is 1. The van der Waals surface area contributed by atoms with E-state index in [1.165, 1.54) is 24.3 Å². The van der Waals surface area contributed by atoms with Crippen LogP contribution in [0.1, 0.15) is 25.8 Å². The van der Waals surface area contributed by atoms with Crippen LogP contribution in [0.15, 0.2) is 29.2 Å². The van der Waals surface area contributed by atoms with Crippen molar-refractivity contribution >= 4 is 22.0 Å². The van der Waals surface area contributed by atoms with Crippen molar-refractivity contribution in [3.05, 3.63) is 29.8 Å². The summed E-state index contributed by atoms with van der Waals surface area (Å²) in [5, 5.41) is 19.0. The van der Waals surface area contributed by atoms with Crippen LogP contribution in [-0.2, 0) is 21.4 Å². The monoisotopic (exact) mass is 343 g/mol. The molecule has 0 unspecified atom stereocenters. The lowest BCUT2D eigenvalue weighted by Crippen LogP contribution is -2.46. The number of sulfonamides is 1. The van der Waals surface area contributed by atoms with Crippen molar-refractivity contribution < 1.29 is 23.1 Å². The largest absolute Gasteiger partial charge is 0.480 e. The highest BCUT2D eigenvalue weighted by Crippen LogP contribution is 2.08. The molecule has 1 aromatic carbocycles. The highest BCUT2D eigenvalue weighted by molar-refractivity contribution is 7.89. The maximum Gasteiger partial charge on any atom is 0.326 e. The molecular weight excluding hydrogens is 322 g/mol. The van der Waals surface area contributed by atoms with E-state index in [0.29, 0.717) is 12.0 Å². The van der Waals surface area contributed by atoms with E-state index in [4.69, 9.17) is 10.2 Å². The van der Waals surface area contributed by atoms with Crippen LogP contribution in [0, 0.1) is 5.92 Å². The molecule has 1 atom stereocenters. The number of urea groups is 1. The van der Waals surface area contributed by atoms with Crippen molar-refractivity contribution in [2.75, 3.05) is 0 Å². The number of nitrogens with two attached hydrogens (primary N) is 1. The first-order valence-electron chi connectivity index (χ1n) is 6.98. The van der Waals surface area contributed by atoms with Gasteiger partial charge in [-0.1, -0.05) is 26.0 Å². The van der Waals surface area contributed by atoms with Gasteiger partial charge in [-0.3, -0.25) is 0 Å². The Hall–Kier alpha value is -2.13. The second-order valence-corrected chi connectivity index (χ2v) is 7.10. The summed E-state index contributed by atoms with van der Waals surface area (Å²) < 4.78 is 22.3. The normalized spacial score (nSPS) is 12.7. The van der Waals surface area contributed by atoms with Crippen molar-refractivity contribution in [3.8, 4) is 0 Å². The summed E-state index contributed by atoms with van der Waals surface area (Å²) in [6.07, 6.45) is 0.325. The minimum absolute atomic E-state index is 0.0198. The molecule has 0 heterocycles. The van der Waals surface area contributed by atoms with Gasteiger partial charge in [-0.05, 0) is 30.0 Å². The number of primary sulfonamides is 1. The van der Waals surface area contributed by atoms with E-state index in [1.807, 2.05) is 13.8 Å². The van der Waals surface area contributed by atoms with Gasteiger partial charge in [-0.2, -0.15) is 0 Å². The average molecular weight is 343 g/mol. The van der Waals surface area contributed by atoms with Crippen LogP contribution in [0.25, 0.3) is 0 Å². The van der Waals surface area contributed by atoms with Gasteiger partial charge in [0.25, 0.3) is 0 Å². The Labute approximate surface area is 135 Å². The quantitative estimate of drug-likeness (QED) is 0.575. The average Bonchev–Trinajstić information content (AvgIpc) is 2.43. The van der Waals surface area contributed by atoms with E-state index in [2.05, 4.69) is 10.6 Å². The SMILES string of the molecule is CC(C)C[C@H](NC(=O)NCc1ccc(S(N)(=O)=O)cc1)C(=O)O. The van der Waals surface area contributed by atoms with Crippen LogP contribution in [0.2, 0.25) is 0 Å². The minimum Gasteiger partial charge on any atom is -0.480 e. The van der Waals surface area contributed by atoms with Crippen LogP contribution in [0.4, 0.5) is 4.79 Å². The summed E-state index contributed by atoms with van der Waals surface area (Å²) in [5.41, 5.74) is 0.656. The first-order valence-corrected chi connectivity index (χ1v) is 8.53. The van der Waals surface area contributed by atoms with Gasteiger partial charge < -0.3 is 15.7 Å². The number of carboxylic acids is 1. The Morgan fingerprint density at radius 3 is 2.22 bits per heavy atom. The molecule has 0 saturated heterocycles. The molecule has 0 aliphatic rings. The van der Waals surface area contributed by atoms with Gasteiger partial charge in [0.1, 0.15) is 6.04 Å². The smallest absolute Gasteiger partial charge is 0.326 e. The molecule has 0 spiro atoms. The second-order valence-electron chi connectivity index (χ2n) is 5.54. The second kappa shape index (κ2) is 7.93. The fourth-order valence-corrected chi connectivity index (χ4v) is 2.40. The number of benzene rings is 1. The zero-order valence-electron chi connectivity index (χ0n) is 12.9. The number of carbonyl (C=O) groups is 2. The predicted octanol–water partition coefficient (Wildman–Crippen LogP) is 0.633. The fourth-order valence-electron chi connectivity index (χ4n) is 1.88. The molecular formula is C14H21N3O5S. The molecule has 1 aromatic rings. The van der Waals surface area contributed by atoms with E-state index in [0.717, 1.165) is 0 Å². The van der Waals surface area contributed by atoms with Crippen molar-refractivity contribution in [2.24, 2.45) is 11.1 Å². The number of rotatable bonds is 7. The Balaban J connectivity index is 2.57. The first-order chi connectivity index (χ1) is 10.6. The van der Waals surface area contributed by atoms with Crippen LogP contribution >= 0.6 is 0 Å². The molecule has 1 rings (SSSR count). The third-order valence-electron chi connectivity index (χ3n) is 3.02. The topological polar surface area (TPSA) is 139 Å². The maximum atomic E-state index is 11.7. The number of amides is 2. The fraction of sp³-hybridized carbons (Fsp3) is 0.429. The Kier molecular flexibility index (Phi) is 6.52. The standard InChI is InChI=1S/C14H21N3O5S/c1-9(2)7-12(13(18)19)17-14(20)16-8-10-3-5-11(6-4-10)23(15,21)22/h3-6,9,12H,7-8H2,1-2H3,(H,18,19)(H2,15,21,22)(H2,16,17,20)/t12-/m0/s1. The third-order valence-corrected chi connectivity index (χ3v) is 3.94. The third kappa shape index (κ3) is 6.66. The molecule has 0 aliphatic carbocycles. The van der Waals surface area contributed by atoms with Gasteiger partial charge >= 0.3 is 12.0 Å². The van der Waals surface area contributed by atoms with Gasteiger partial charge in [-0.25, -0.2) is 23.1 Å². The van der Waals surface area contributed by atoms with E-state index >= 15 is 0 Å². The van der Waals surface area contributed by atoms with Gasteiger partial charge in [-0.15, -0.1) is 0 Å². The number of hydrogen-bond donors (Lipinski definition) is 4. The van der Waals surface area contributed by atoms with Crippen molar-refractivity contribution in [3.63, 3.8) is 0 Å². The molecule has 0 aromatic heterocycles. The van der Waals surface area contributed by atoms with Crippen LogP contribution in [-0.4, -0.2) is 31.6 Å². The molecule has 2 amide bonds. The van der Waals surface area contributed by atoms with Gasteiger partial charge in [0, 0.05) is 6.54 Å². The lowest BCUT2D eigenvalue weighted by molar-refractivity contribution is -0.139. The highest BCUT2D eigenvalue weighted by atomic mass is 32.2. The molecule has 9 heteroatoms. The molecule has 8 nitrogen and oxygen atoms in total. The number of nitrogens with one attached hydrogen (secondary N) is 2. The lowest BCUT2D eigenvalue weighted by Gasteiger charge is -2.17. The van der Waals surface area contributed by atoms with E-state index in [-0.39, 0.29) is 17.4 Å². The highest BCUT2D eigenvalue weighted by Gasteiger charge is 2.20. The van der Waals surface area contributed by atoms with Gasteiger partial charge in [0.15, 0.2) is 0 Å². The zero-order chi connectivity index (χ0) is 17.6. The summed E-state index contributed by atoms with van der Waals surface area (Å²) in [6.45, 7) is 3.86. The first kappa shape index (κ1) is 18.9. The molecule has 0 fully saturated rings. The Morgan fingerprint density at radius 1 is 1.22 bits per heavy atom. The van der Waals surface area contributed by atoms with E-state index in [9.17, 15) is 18.0 Å². The van der Waals surface area contributed by atoms with Crippen LogP contribution < -0.4 is 15.8 Å². The summed E-state index contributed by atoms with van der Waals surface area (Å²) in [6, 6.07) is 4.14. The molecule has 23 heavy (non-hydrogen) atoms. The molecule has 5 N–H and O–H groups in total. The Morgan fingerprint density at radius 2 is 1.78 bits per heavy atom. The summed E-state index contributed by atoms with van der Waals surface area (Å²) in [7, 11) is -3.75. The number of carboxylic acid groups (broad SMARTS) is 1.